The van der Waals surface area contributed by atoms with Gasteiger partial charge < -0.3 is 24.4 Å². The summed E-state index contributed by atoms with van der Waals surface area (Å²) in [5.41, 5.74) is -3.12. The van der Waals surface area contributed by atoms with Gasteiger partial charge in [0.25, 0.3) is 0 Å². The van der Waals surface area contributed by atoms with E-state index in [1.165, 1.54) is 10.6 Å². The summed E-state index contributed by atoms with van der Waals surface area (Å²) in [6.45, 7) is 11.5. The van der Waals surface area contributed by atoms with Crippen LogP contribution < -0.4 is 15.6 Å². The standard InChI is InChI=1S/C39H49F2N3O8/c1-6-37(4)19-30(38(5)21(2)7-11-39(22(3)33(37)47)12-8-29(45)32(38)39)52-36(51)42-34(48)23-9-14-43(15-10-23)28-18-27-24(17-26(28)41)31(46)25(35(49)50)20-44(27)16-13-40/h6,17-18,20-23,30,32-33,47H,1,7-16,19H2,2-5H3,(H,49,50)(H,42,48,51)/t21-,22+,30-,32?,33+,37-,38+,39?/m1/s1. The van der Waals surface area contributed by atoms with Crippen LogP contribution in [-0.2, 0) is 20.9 Å². The van der Waals surface area contributed by atoms with Gasteiger partial charge in [-0.1, -0.05) is 33.8 Å². The van der Waals surface area contributed by atoms with Gasteiger partial charge >= 0.3 is 12.1 Å². The number of ketones is 1. The number of aliphatic hydroxyl groups is 1. The number of aromatic carboxylic acids is 1. The molecule has 0 spiro atoms. The fraction of sp³-hybridized carbons (Fsp3) is 0.615. The maximum atomic E-state index is 15.4. The van der Waals surface area contributed by atoms with Crippen LogP contribution in [0.15, 0.2) is 35.8 Å². The maximum absolute atomic E-state index is 15.4. The fourth-order valence-corrected chi connectivity index (χ4v) is 10.3. The number of nitrogens with one attached hydrogen (secondary N) is 1. The van der Waals surface area contributed by atoms with Crippen molar-refractivity contribution in [3.8, 4) is 0 Å². The van der Waals surface area contributed by atoms with E-state index in [2.05, 4.69) is 18.8 Å². The predicted octanol–water partition coefficient (Wildman–Crippen LogP) is 5.64. The second kappa shape index (κ2) is 13.7. The number of pyridine rings is 1. The topological polar surface area (TPSA) is 155 Å². The molecule has 2 unspecified atom stereocenters. The number of carboxylic acids is 1. The van der Waals surface area contributed by atoms with Crippen LogP contribution in [-0.4, -0.2) is 70.5 Å². The summed E-state index contributed by atoms with van der Waals surface area (Å²) in [6, 6.07) is 2.36. The monoisotopic (exact) mass is 725 g/mol. The molecule has 8 atom stereocenters. The number of anilines is 1. The Morgan fingerprint density at radius 3 is 2.44 bits per heavy atom. The number of alkyl carbamates (subject to hydrolysis) is 1. The zero-order valence-corrected chi connectivity index (χ0v) is 30.3. The third-order valence-corrected chi connectivity index (χ3v) is 13.7. The molecule has 2 aromatic rings. The number of aromatic nitrogens is 1. The van der Waals surface area contributed by atoms with Crippen LogP contribution >= 0.6 is 0 Å². The first-order valence-electron chi connectivity index (χ1n) is 18.3. The summed E-state index contributed by atoms with van der Waals surface area (Å²) in [4.78, 5) is 66.7. The predicted molar refractivity (Wildman–Crippen MR) is 189 cm³/mol. The molecule has 1 saturated heterocycles. The minimum atomic E-state index is -1.50. The van der Waals surface area contributed by atoms with Crippen molar-refractivity contribution in [1.82, 2.24) is 9.88 Å². The Balaban J connectivity index is 1.18. The maximum Gasteiger partial charge on any atom is 0.414 e. The number of nitrogens with zero attached hydrogens (tertiary/aromatic N) is 2. The van der Waals surface area contributed by atoms with Gasteiger partial charge in [-0.05, 0) is 67.9 Å². The van der Waals surface area contributed by atoms with E-state index in [-0.39, 0.29) is 73.1 Å². The number of ether oxygens (including phenoxy) is 1. The molecule has 2 amide bonds. The highest BCUT2D eigenvalue weighted by molar-refractivity contribution is 5.94. The van der Waals surface area contributed by atoms with E-state index in [1.54, 1.807) is 11.0 Å². The lowest BCUT2D eigenvalue weighted by molar-refractivity contribution is -0.191. The first-order chi connectivity index (χ1) is 24.5. The van der Waals surface area contributed by atoms with E-state index < -0.39 is 81.7 Å². The molecule has 0 radical (unpaired) electrons. The molecule has 4 aliphatic rings. The molecular weight excluding hydrogens is 676 g/mol. The Labute approximate surface area is 301 Å². The van der Waals surface area contributed by atoms with E-state index in [0.717, 1.165) is 25.1 Å². The number of Topliss-reactive ketones (excluding diaryl/α,β-unsaturated/α-hetero) is 1. The Morgan fingerprint density at radius 2 is 1.81 bits per heavy atom. The molecule has 1 aromatic carbocycles. The average molecular weight is 726 g/mol. The number of aliphatic hydroxyl groups excluding tert-OH is 1. The van der Waals surface area contributed by atoms with Gasteiger partial charge in [0.15, 0.2) is 0 Å². The molecule has 52 heavy (non-hydrogen) atoms. The third-order valence-electron chi connectivity index (χ3n) is 13.7. The van der Waals surface area contributed by atoms with Crippen molar-refractivity contribution >= 4 is 40.3 Å². The first-order valence-corrected chi connectivity index (χ1v) is 18.3. The highest BCUT2D eigenvalue weighted by atomic mass is 19.1. The van der Waals surface area contributed by atoms with Crippen LogP contribution in [0.25, 0.3) is 10.9 Å². The zero-order chi connectivity index (χ0) is 37.9. The number of benzene rings is 1. The minimum Gasteiger partial charge on any atom is -0.477 e. The van der Waals surface area contributed by atoms with Crippen molar-refractivity contribution in [1.29, 1.82) is 0 Å². The minimum absolute atomic E-state index is 0.0309. The van der Waals surface area contributed by atoms with Crippen molar-refractivity contribution in [2.75, 3.05) is 24.7 Å². The van der Waals surface area contributed by atoms with Crippen LogP contribution in [0.2, 0.25) is 0 Å². The van der Waals surface area contributed by atoms with Crippen molar-refractivity contribution in [2.24, 2.45) is 39.9 Å². The van der Waals surface area contributed by atoms with Gasteiger partial charge in [0.05, 0.1) is 23.9 Å². The van der Waals surface area contributed by atoms with Crippen LogP contribution in [0.3, 0.4) is 0 Å². The number of carbonyl (C=O) groups excluding carboxylic acids is 3. The normalized spacial score (nSPS) is 33.6. The number of carbonyl (C=O) groups is 4. The molecular formula is C39H49F2N3O8. The van der Waals surface area contributed by atoms with Crippen molar-refractivity contribution in [3.05, 3.63) is 52.6 Å². The molecule has 1 aliphatic heterocycles. The molecule has 2 heterocycles. The quantitative estimate of drug-likeness (QED) is 0.308. The number of fused-ring (bicyclic) bond motifs is 1. The molecule has 4 fully saturated rings. The summed E-state index contributed by atoms with van der Waals surface area (Å²) in [5, 5.41) is 23.4. The summed E-state index contributed by atoms with van der Waals surface area (Å²) in [6.07, 6.45) is 3.71. The number of aryl methyl sites for hydroxylation is 1. The number of rotatable bonds is 7. The Hall–Kier alpha value is -4.13. The molecule has 13 heteroatoms. The molecule has 282 valence electrons. The van der Waals surface area contributed by atoms with Crippen molar-refractivity contribution in [3.63, 3.8) is 0 Å². The summed E-state index contributed by atoms with van der Waals surface area (Å²) >= 11 is 0. The zero-order valence-electron chi connectivity index (χ0n) is 30.3. The van der Waals surface area contributed by atoms with E-state index in [0.29, 0.717) is 12.8 Å². The molecule has 1 aromatic heterocycles. The highest BCUT2D eigenvalue weighted by Gasteiger charge is 2.68. The lowest BCUT2D eigenvalue weighted by Gasteiger charge is -2.61. The van der Waals surface area contributed by atoms with E-state index in [1.807, 2.05) is 20.8 Å². The van der Waals surface area contributed by atoms with Gasteiger partial charge in [0.2, 0.25) is 11.3 Å². The van der Waals surface area contributed by atoms with E-state index in [9.17, 15) is 38.6 Å². The largest absolute Gasteiger partial charge is 0.477 e. The molecule has 11 nitrogen and oxygen atoms in total. The van der Waals surface area contributed by atoms with Gasteiger partial charge in [-0.3, -0.25) is 19.7 Å². The number of alkyl halides is 1. The summed E-state index contributed by atoms with van der Waals surface area (Å²) in [5.74, 6) is -3.80. The Bertz CT molecular complexity index is 1870. The molecule has 2 bridgehead atoms. The SMILES string of the molecule is C=C[C@]1(C)C[C@@H](OC(=O)NC(=O)C2CCN(c3cc4c(cc3F)c(=O)c(C(=O)O)cn4CCF)CC2)[C@@]2(C)C3C(=O)CCC3(CC[C@H]2C)[C@@H](C)[C@@H]1O. The molecule has 3 aliphatic carbocycles. The lowest BCUT2D eigenvalue weighted by atomic mass is 9.44. The van der Waals surface area contributed by atoms with E-state index in [4.69, 9.17) is 4.74 Å². The second-order valence-corrected chi connectivity index (χ2v) is 16.1. The van der Waals surface area contributed by atoms with Gasteiger partial charge in [-0.2, -0.15) is 0 Å². The number of amides is 2. The average Bonchev–Trinajstić information content (AvgIpc) is 3.47. The van der Waals surface area contributed by atoms with Crippen LogP contribution in [0.4, 0.5) is 19.3 Å². The Morgan fingerprint density at radius 1 is 1.12 bits per heavy atom. The number of carboxylic acid groups (broad SMARTS) is 1. The molecule has 3 N–H and O–H groups in total. The molecule has 6 rings (SSSR count). The van der Waals surface area contributed by atoms with Crippen molar-refractivity contribution < 1.29 is 42.9 Å². The van der Waals surface area contributed by atoms with Crippen LogP contribution in [0.5, 0.6) is 0 Å². The highest BCUT2D eigenvalue weighted by Crippen LogP contribution is 2.68. The second-order valence-electron chi connectivity index (χ2n) is 16.1. The smallest absolute Gasteiger partial charge is 0.414 e. The summed E-state index contributed by atoms with van der Waals surface area (Å²) < 4.78 is 36.2. The van der Waals surface area contributed by atoms with Crippen LogP contribution in [0, 0.1) is 45.7 Å². The van der Waals surface area contributed by atoms with Gasteiger partial charge in [0.1, 0.15) is 29.9 Å². The lowest BCUT2D eigenvalue weighted by Crippen LogP contribution is -2.63. The third kappa shape index (κ3) is 5.92. The first kappa shape index (κ1) is 37.6. The van der Waals surface area contributed by atoms with Gasteiger partial charge in [-0.25, -0.2) is 18.4 Å². The fourth-order valence-electron chi connectivity index (χ4n) is 10.3. The number of imide groups is 1. The summed E-state index contributed by atoms with van der Waals surface area (Å²) in [7, 11) is 0. The molecule has 3 saturated carbocycles. The Kier molecular flexibility index (Phi) is 9.91. The van der Waals surface area contributed by atoms with E-state index >= 15 is 4.39 Å². The number of halogens is 2. The number of piperidine rings is 1. The number of hydrogen-bond donors (Lipinski definition) is 3. The van der Waals surface area contributed by atoms with Crippen LogP contribution in [0.1, 0.15) is 83.0 Å². The van der Waals surface area contributed by atoms with Crippen molar-refractivity contribution in [2.45, 2.75) is 91.4 Å². The van der Waals surface area contributed by atoms with Gasteiger partial charge in [-0.15, -0.1) is 6.58 Å². The van der Waals surface area contributed by atoms with Gasteiger partial charge in [0, 0.05) is 53.8 Å². The number of hydrogen-bond acceptors (Lipinski definition) is 8.